The van der Waals surface area contributed by atoms with Crippen molar-refractivity contribution in [3.63, 3.8) is 0 Å². The molecule has 0 aromatic rings. The topological polar surface area (TPSA) is 26.3 Å². The SMILES string of the molecule is CC(C)=CCC/C(C)=C/CCC(=O)OC/C=C(\C)CCC[C@H](C)CCC[C@H](C)CCCC(C)C. The van der Waals surface area contributed by atoms with Gasteiger partial charge in [-0.3, -0.25) is 4.79 Å². The molecule has 0 rings (SSSR count). The highest BCUT2D eigenvalue weighted by molar-refractivity contribution is 5.69. The third-order valence-electron chi connectivity index (χ3n) is 6.75. The van der Waals surface area contributed by atoms with E-state index in [1.54, 1.807) is 0 Å². The zero-order chi connectivity index (χ0) is 25.8. The Bertz CT molecular complexity index is 605. The smallest absolute Gasteiger partial charge is 0.306 e. The van der Waals surface area contributed by atoms with Crippen molar-refractivity contribution in [1.82, 2.24) is 0 Å². The van der Waals surface area contributed by atoms with Crippen molar-refractivity contribution in [1.29, 1.82) is 0 Å². The minimum absolute atomic E-state index is 0.0931. The molecule has 0 aromatic carbocycles. The summed E-state index contributed by atoms with van der Waals surface area (Å²) in [6.07, 6.45) is 21.8. The van der Waals surface area contributed by atoms with Crippen molar-refractivity contribution in [3.8, 4) is 0 Å². The molecule has 0 saturated carbocycles. The van der Waals surface area contributed by atoms with Crippen molar-refractivity contribution in [2.75, 3.05) is 6.61 Å². The van der Waals surface area contributed by atoms with Gasteiger partial charge in [0.1, 0.15) is 6.61 Å². The molecule has 0 N–H and O–H groups in total. The lowest BCUT2D eigenvalue weighted by Gasteiger charge is -2.15. The summed E-state index contributed by atoms with van der Waals surface area (Å²) in [6, 6.07) is 0. The van der Waals surface area contributed by atoms with E-state index < -0.39 is 0 Å². The summed E-state index contributed by atoms with van der Waals surface area (Å²) in [4.78, 5) is 12.0. The van der Waals surface area contributed by atoms with Crippen LogP contribution in [0.5, 0.6) is 0 Å². The van der Waals surface area contributed by atoms with Crippen LogP contribution in [0.1, 0.15) is 139 Å². The Morgan fingerprint density at radius 3 is 1.76 bits per heavy atom. The van der Waals surface area contributed by atoms with Crippen LogP contribution < -0.4 is 0 Å². The largest absolute Gasteiger partial charge is 0.461 e. The molecule has 0 spiro atoms. The first-order valence-corrected chi connectivity index (χ1v) is 14.2. The lowest BCUT2D eigenvalue weighted by molar-refractivity contribution is -0.142. The van der Waals surface area contributed by atoms with Gasteiger partial charge in [0, 0.05) is 6.42 Å². The maximum Gasteiger partial charge on any atom is 0.306 e. The molecule has 2 atom stereocenters. The van der Waals surface area contributed by atoms with Crippen molar-refractivity contribution in [3.05, 3.63) is 34.9 Å². The van der Waals surface area contributed by atoms with Gasteiger partial charge in [0.15, 0.2) is 0 Å². The van der Waals surface area contributed by atoms with E-state index in [9.17, 15) is 4.79 Å². The highest BCUT2D eigenvalue weighted by atomic mass is 16.5. The molecule has 0 bridgehead atoms. The Balaban J connectivity index is 3.84. The molecule has 0 radical (unpaired) electrons. The number of carbonyl (C=O) groups is 1. The Morgan fingerprint density at radius 2 is 1.18 bits per heavy atom. The summed E-state index contributed by atoms with van der Waals surface area (Å²) >= 11 is 0. The Hall–Kier alpha value is -1.31. The second-order valence-corrected chi connectivity index (χ2v) is 11.5. The fraction of sp³-hybridized carbons (Fsp3) is 0.781. The summed E-state index contributed by atoms with van der Waals surface area (Å²) in [5.41, 5.74) is 4.06. The molecule has 0 aliphatic heterocycles. The van der Waals surface area contributed by atoms with E-state index >= 15 is 0 Å². The Labute approximate surface area is 213 Å². The van der Waals surface area contributed by atoms with Crippen LogP contribution in [0.4, 0.5) is 0 Å². The predicted molar refractivity (Wildman–Crippen MR) is 151 cm³/mol. The van der Waals surface area contributed by atoms with Gasteiger partial charge < -0.3 is 4.74 Å². The van der Waals surface area contributed by atoms with Gasteiger partial charge in [-0.2, -0.15) is 0 Å². The molecule has 0 fully saturated rings. The monoisotopic (exact) mass is 474 g/mol. The minimum Gasteiger partial charge on any atom is -0.461 e. The maximum absolute atomic E-state index is 12.0. The van der Waals surface area contributed by atoms with Crippen LogP contribution in [0.3, 0.4) is 0 Å². The third kappa shape index (κ3) is 22.5. The van der Waals surface area contributed by atoms with Gasteiger partial charge in [0.05, 0.1) is 0 Å². The van der Waals surface area contributed by atoms with Crippen LogP contribution in [0.2, 0.25) is 0 Å². The van der Waals surface area contributed by atoms with Crippen LogP contribution in [0, 0.1) is 17.8 Å². The molecule has 0 amide bonds. The Kier molecular flexibility index (Phi) is 20.2. The summed E-state index contributed by atoms with van der Waals surface area (Å²) in [7, 11) is 0. The van der Waals surface area contributed by atoms with Gasteiger partial charge in [0.2, 0.25) is 0 Å². The summed E-state index contributed by atoms with van der Waals surface area (Å²) in [6.45, 7) is 18.5. The number of rotatable bonds is 20. The van der Waals surface area contributed by atoms with Gasteiger partial charge in [0.25, 0.3) is 0 Å². The second-order valence-electron chi connectivity index (χ2n) is 11.5. The van der Waals surface area contributed by atoms with E-state index in [2.05, 4.69) is 73.6 Å². The van der Waals surface area contributed by atoms with E-state index in [-0.39, 0.29) is 5.97 Å². The van der Waals surface area contributed by atoms with E-state index in [0.29, 0.717) is 13.0 Å². The maximum atomic E-state index is 12.0. The molecule has 0 aromatic heterocycles. The van der Waals surface area contributed by atoms with E-state index in [0.717, 1.165) is 43.4 Å². The van der Waals surface area contributed by atoms with Crippen LogP contribution in [-0.4, -0.2) is 12.6 Å². The molecular formula is C32H58O2. The average Bonchev–Trinajstić information content (AvgIpc) is 2.73. The van der Waals surface area contributed by atoms with Crippen molar-refractivity contribution in [2.45, 2.75) is 139 Å². The molecule has 2 nitrogen and oxygen atoms in total. The molecule has 0 unspecified atom stereocenters. The van der Waals surface area contributed by atoms with Gasteiger partial charge in [-0.05, 0) is 83.6 Å². The first-order valence-electron chi connectivity index (χ1n) is 14.2. The van der Waals surface area contributed by atoms with E-state index in [1.807, 2.05) is 0 Å². The van der Waals surface area contributed by atoms with E-state index in [1.165, 1.54) is 68.1 Å². The molecule has 198 valence electrons. The zero-order valence-corrected chi connectivity index (χ0v) is 24.2. The highest BCUT2D eigenvalue weighted by Gasteiger charge is 2.07. The number of esters is 1. The molecule has 2 heteroatoms. The van der Waals surface area contributed by atoms with Gasteiger partial charge in [-0.25, -0.2) is 0 Å². The number of hydrogen-bond donors (Lipinski definition) is 0. The molecule has 0 saturated heterocycles. The van der Waals surface area contributed by atoms with Crippen LogP contribution in [-0.2, 0) is 9.53 Å². The lowest BCUT2D eigenvalue weighted by Crippen LogP contribution is -2.04. The minimum atomic E-state index is -0.0931. The number of carbonyl (C=O) groups excluding carboxylic acids is 1. The molecule has 0 aliphatic rings. The summed E-state index contributed by atoms with van der Waals surface area (Å²) in [5, 5.41) is 0. The van der Waals surface area contributed by atoms with E-state index in [4.69, 9.17) is 4.74 Å². The normalized spacial score (nSPS) is 14.3. The van der Waals surface area contributed by atoms with Gasteiger partial charge >= 0.3 is 5.97 Å². The number of hydrogen-bond acceptors (Lipinski definition) is 2. The van der Waals surface area contributed by atoms with Crippen LogP contribution >= 0.6 is 0 Å². The van der Waals surface area contributed by atoms with Gasteiger partial charge in [-0.1, -0.05) is 102 Å². The lowest BCUT2D eigenvalue weighted by atomic mass is 9.91. The second kappa shape index (κ2) is 21.0. The quantitative estimate of drug-likeness (QED) is 0.129. The molecule has 0 heterocycles. The average molecular weight is 475 g/mol. The first-order chi connectivity index (χ1) is 16.1. The van der Waals surface area contributed by atoms with Gasteiger partial charge in [-0.15, -0.1) is 0 Å². The fourth-order valence-electron chi connectivity index (χ4n) is 4.29. The number of ether oxygens (including phenoxy) is 1. The zero-order valence-electron chi connectivity index (χ0n) is 24.2. The first kappa shape index (κ1) is 32.7. The summed E-state index contributed by atoms with van der Waals surface area (Å²) in [5.74, 6) is 2.44. The fourth-order valence-corrected chi connectivity index (χ4v) is 4.29. The summed E-state index contributed by atoms with van der Waals surface area (Å²) < 4.78 is 5.40. The third-order valence-corrected chi connectivity index (χ3v) is 6.75. The van der Waals surface area contributed by atoms with Crippen LogP contribution in [0.25, 0.3) is 0 Å². The molecular weight excluding hydrogens is 416 g/mol. The van der Waals surface area contributed by atoms with Crippen molar-refractivity contribution < 1.29 is 9.53 Å². The number of allylic oxidation sites excluding steroid dienone is 5. The predicted octanol–water partition coefficient (Wildman–Crippen LogP) is 10.4. The van der Waals surface area contributed by atoms with Crippen molar-refractivity contribution >= 4 is 5.97 Å². The molecule has 0 aliphatic carbocycles. The standard InChI is InChI=1S/C32H58O2/c1-26(2)14-9-16-28(5)18-11-19-30(7)20-12-21-31(8)24-25-34-32(33)23-13-22-29(6)17-10-15-27(3)4/h15,22,24,26,28,30H,9-14,16-21,23,25H2,1-8H3/b29-22+,31-24+/t28-,30-/m1/s1. The van der Waals surface area contributed by atoms with Crippen molar-refractivity contribution in [2.24, 2.45) is 17.8 Å². The highest BCUT2D eigenvalue weighted by Crippen LogP contribution is 2.22. The Morgan fingerprint density at radius 1 is 0.647 bits per heavy atom. The van der Waals surface area contributed by atoms with Crippen LogP contribution in [0.15, 0.2) is 34.9 Å². The molecule has 34 heavy (non-hydrogen) atoms.